The van der Waals surface area contributed by atoms with Gasteiger partial charge in [0.1, 0.15) is 31.7 Å². The Morgan fingerprint density at radius 1 is 0.844 bits per heavy atom. The number of H-pyrrole nitrogens is 1. The number of aromatic nitrogens is 2. The molecule has 1 amide bonds. The number of benzene rings is 2. The largest absolute Gasteiger partial charge is 1.00 e. The average Bonchev–Trinajstić information content (AvgIpc) is 3.43. The second kappa shape index (κ2) is 17.2. The van der Waals surface area contributed by atoms with E-state index in [1.54, 1.807) is 32.1 Å². The summed E-state index contributed by atoms with van der Waals surface area (Å²) in [5.41, 5.74) is 0.228. The summed E-state index contributed by atoms with van der Waals surface area (Å²) in [6.45, 7) is 3.97. The Labute approximate surface area is 344 Å². The van der Waals surface area contributed by atoms with Crippen LogP contribution in [0.5, 0.6) is 5.88 Å². The minimum Gasteiger partial charge on any atom is -0.744 e. The number of hydrogen-bond acceptors (Lipinski definition) is 11. The Bertz CT molecular complexity index is 1870. The molecular weight excluding hydrogens is 683 g/mol. The number of carbonyl (C=O) groups excluding carboxylic acids is 1. The molecular formula is C27H26K2N4O10S2. The second-order valence-electron chi connectivity index (χ2n) is 8.92. The van der Waals surface area contributed by atoms with Gasteiger partial charge in [-0.2, -0.15) is 5.01 Å². The fraction of sp³-hybridized carbons (Fsp3) is 0.222. The van der Waals surface area contributed by atoms with Crippen molar-refractivity contribution < 1.29 is 143 Å². The zero-order valence-corrected chi connectivity index (χ0v) is 32.7. The van der Waals surface area contributed by atoms with Crippen LogP contribution in [-0.4, -0.2) is 60.7 Å². The van der Waals surface area contributed by atoms with Crippen LogP contribution in [0, 0.1) is 5.92 Å². The summed E-state index contributed by atoms with van der Waals surface area (Å²) in [4.78, 5) is 25.3. The molecule has 1 N–H and O–H groups in total. The maximum atomic E-state index is 13.1. The van der Waals surface area contributed by atoms with Gasteiger partial charge in [-0.15, -0.1) is 5.10 Å². The molecule has 0 radical (unpaired) electrons. The van der Waals surface area contributed by atoms with Crippen LogP contribution >= 0.6 is 0 Å². The summed E-state index contributed by atoms with van der Waals surface area (Å²) in [6.07, 6.45) is 6.56. The standard InChI is InChI=1S/C27H28N4O10S2.2K/c1-3-40-24-22(26(32)30(28-24)18-10-14-20(15-11-18)42(34,35)36)8-6-5-7-9-23-25(41-4-2)29-31(27(23)33)19-12-16-21(17-13-19)43(37,38)39;;/h5-8,10-17,23,28H,3-4,9H2,1-2H3,(H,34,35,36)(H,37,38,39);;/q;2*+1/p-2/b7-5+,8-6+;;. The first kappa shape index (κ1) is 39.9. The Kier molecular flexibility index (Phi) is 15.3. The molecule has 2 heterocycles. The Morgan fingerprint density at radius 3 is 1.89 bits per heavy atom. The predicted molar refractivity (Wildman–Crippen MR) is 153 cm³/mol. The van der Waals surface area contributed by atoms with Crippen molar-refractivity contribution in [3.05, 3.63) is 82.7 Å². The molecule has 0 fully saturated rings. The quantitative estimate of drug-likeness (QED) is 0.118. The summed E-state index contributed by atoms with van der Waals surface area (Å²) >= 11 is 0. The number of nitrogens with zero attached hydrogens (tertiary/aromatic N) is 3. The van der Waals surface area contributed by atoms with E-state index in [4.69, 9.17) is 9.47 Å². The summed E-state index contributed by atoms with van der Waals surface area (Å²) in [5, 5.41) is 8.12. The number of rotatable bonds is 11. The molecule has 3 aromatic rings. The van der Waals surface area contributed by atoms with Crippen LogP contribution in [0.15, 0.2) is 86.4 Å². The van der Waals surface area contributed by atoms with Gasteiger partial charge in [0.2, 0.25) is 11.8 Å². The van der Waals surface area contributed by atoms with E-state index < -0.39 is 47.4 Å². The summed E-state index contributed by atoms with van der Waals surface area (Å²) < 4.78 is 79.5. The molecule has 0 spiro atoms. The van der Waals surface area contributed by atoms with E-state index in [1.165, 1.54) is 30.3 Å². The molecule has 1 aliphatic heterocycles. The molecule has 1 unspecified atom stereocenters. The summed E-state index contributed by atoms with van der Waals surface area (Å²) in [6, 6.07) is 9.61. The zero-order chi connectivity index (χ0) is 31.4. The number of nitrogens with one attached hydrogen (secondary N) is 1. The SMILES string of the molecule is CCOC1=NN(c2ccc(S(=O)(=O)[O-])cc2)C(=O)C1C/C=C/C=C/c1c(OCC)[nH]n(-c2ccc(S(=O)(=O)[O-])cc2)c1=O.[K+].[K+]. The molecule has 14 nitrogen and oxygen atoms in total. The van der Waals surface area contributed by atoms with Gasteiger partial charge >= 0.3 is 103 Å². The minimum absolute atomic E-state index is 0. The van der Waals surface area contributed by atoms with Gasteiger partial charge in [-0.3, -0.25) is 14.7 Å². The van der Waals surface area contributed by atoms with E-state index in [9.17, 15) is 35.5 Å². The normalized spacial score (nSPS) is 15.2. The third-order valence-electron chi connectivity index (χ3n) is 6.11. The minimum atomic E-state index is -4.64. The number of amides is 1. The second-order valence-corrected chi connectivity index (χ2v) is 11.7. The van der Waals surface area contributed by atoms with Gasteiger partial charge in [0.05, 0.1) is 34.4 Å². The van der Waals surface area contributed by atoms with Crippen molar-refractivity contribution in [1.82, 2.24) is 9.78 Å². The third kappa shape index (κ3) is 9.89. The molecule has 228 valence electrons. The van der Waals surface area contributed by atoms with Gasteiger partial charge in [0.15, 0.2) is 0 Å². The fourth-order valence-corrected chi connectivity index (χ4v) is 5.05. The van der Waals surface area contributed by atoms with Crippen molar-refractivity contribution >= 4 is 43.8 Å². The van der Waals surface area contributed by atoms with Crippen molar-refractivity contribution in [1.29, 1.82) is 0 Å². The van der Waals surface area contributed by atoms with Crippen LogP contribution in [0.25, 0.3) is 11.8 Å². The van der Waals surface area contributed by atoms with E-state index in [1.807, 2.05) is 0 Å². The summed E-state index contributed by atoms with van der Waals surface area (Å²) in [5.74, 6) is -0.847. The Hall–Kier alpha value is -1.24. The maximum Gasteiger partial charge on any atom is 1.00 e. The zero-order valence-electron chi connectivity index (χ0n) is 24.9. The van der Waals surface area contributed by atoms with Gasteiger partial charge in [-0.25, -0.2) is 21.5 Å². The van der Waals surface area contributed by atoms with Crippen molar-refractivity contribution in [3.8, 4) is 11.6 Å². The molecule has 1 aromatic heterocycles. The molecule has 2 aromatic carbocycles. The first-order chi connectivity index (χ1) is 20.3. The number of hydrogen-bond donors (Lipinski definition) is 1. The van der Waals surface area contributed by atoms with Gasteiger partial charge in [0, 0.05) is 0 Å². The van der Waals surface area contributed by atoms with E-state index >= 15 is 0 Å². The predicted octanol–water partition coefficient (Wildman–Crippen LogP) is -3.65. The number of anilines is 1. The van der Waals surface area contributed by atoms with Crippen LogP contribution < -0.4 is 118 Å². The van der Waals surface area contributed by atoms with Crippen molar-refractivity contribution in [2.45, 2.75) is 30.1 Å². The Balaban J connectivity index is 0.00000353. The molecule has 0 saturated heterocycles. The van der Waals surface area contributed by atoms with Crippen molar-refractivity contribution in [3.63, 3.8) is 0 Å². The number of aromatic amines is 1. The van der Waals surface area contributed by atoms with Crippen LogP contribution in [0.3, 0.4) is 0 Å². The molecule has 1 aliphatic rings. The molecule has 0 bridgehead atoms. The summed E-state index contributed by atoms with van der Waals surface area (Å²) in [7, 11) is -9.29. The van der Waals surface area contributed by atoms with Gasteiger partial charge in [0.25, 0.3) is 11.5 Å². The first-order valence-corrected chi connectivity index (χ1v) is 15.6. The number of allylic oxidation sites excluding steroid dienone is 3. The van der Waals surface area contributed by atoms with E-state index in [2.05, 4.69) is 10.2 Å². The monoisotopic (exact) mass is 708 g/mol. The molecule has 0 saturated carbocycles. The van der Waals surface area contributed by atoms with Gasteiger partial charge < -0.3 is 18.6 Å². The van der Waals surface area contributed by atoms with Crippen molar-refractivity contribution in [2.24, 2.45) is 11.0 Å². The molecule has 45 heavy (non-hydrogen) atoms. The van der Waals surface area contributed by atoms with Crippen molar-refractivity contribution in [2.75, 3.05) is 18.2 Å². The third-order valence-corrected chi connectivity index (χ3v) is 7.81. The van der Waals surface area contributed by atoms with Crippen LogP contribution in [0.2, 0.25) is 0 Å². The maximum absolute atomic E-state index is 13.1. The average molecular weight is 709 g/mol. The van der Waals surface area contributed by atoms with Crippen LogP contribution in [-0.2, 0) is 29.8 Å². The van der Waals surface area contributed by atoms with Crippen LogP contribution in [0.1, 0.15) is 25.8 Å². The molecule has 4 rings (SSSR count). The Morgan fingerprint density at radius 2 is 1.38 bits per heavy atom. The van der Waals surface area contributed by atoms with E-state index in [-0.39, 0.29) is 151 Å². The topological polar surface area (TPSA) is 203 Å². The first-order valence-electron chi connectivity index (χ1n) is 12.8. The van der Waals surface area contributed by atoms with Gasteiger partial charge in [-0.05, 0) is 74.9 Å². The fourth-order valence-electron chi connectivity index (χ4n) is 4.11. The molecule has 0 aliphatic carbocycles. The van der Waals surface area contributed by atoms with Gasteiger partial charge in [-0.1, -0.05) is 18.2 Å². The number of carbonyl (C=O) groups is 1. The molecule has 1 atom stereocenters. The van der Waals surface area contributed by atoms with E-state index in [0.717, 1.165) is 34.0 Å². The smallest absolute Gasteiger partial charge is 0.744 e. The number of hydrazone groups is 1. The van der Waals surface area contributed by atoms with Crippen LogP contribution in [0.4, 0.5) is 5.69 Å². The number of ether oxygens (including phenoxy) is 2. The molecule has 18 heteroatoms. The van der Waals surface area contributed by atoms with E-state index in [0.29, 0.717) is 0 Å².